The average Bonchev–Trinajstić information content (AvgIpc) is 3.10. The normalized spacial score (nSPS) is 38.3. The van der Waals surface area contributed by atoms with Gasteiger partial charge in [0.25, 0.3) is 5.92 Å². The lowest BCUT2D eigenvalue weighted by Crippen LogP contribution is -2.53. The molecule has 0 aromatic carbocycles. The van der Waals surface area contributed by atoms with E-state index in [0.717, 1.165) is 0 Å². The molecule has 3 rings (SSSR count). The van der Waals surface area contributed by atoms with E-state index in [0.29, 0.717) is 6.61 Å². The predicted octanol–water partition coefficient (Wildman–Crippen LogP) is -0.358. The zero-order chi connectivity index (χ0) is 15.2. The van der Waals surface area contributed by atoms with E-state index in [2.05, 4.69) is 16.1 Å². The molecule has 3 aliphatic rings. The van der Waals surface area contributed by atoms with Crippen LogP contribution in [0.2, 0.25) is 0 Å². The molecule has 120 valence electrons. The van der Waals surface area contributed by atoms with E-state index in [1.165, 1.54) is 4.90 Å². The van der Waals surface area contributed by atoms with Gasteiger partial charge in [-0.05, 0) is 14.0 Å². The van der Waals surface area contributed by atoms with Gasteiger partial charge < -0.3 is 20.3 Å². The Morgan fingerprint density at radius 3 is 3.10 bits per heavy atom. The van der Waals surface area contributed by atoms with Crippen molar-refractivity contribution in [3.05, 3.63) is 0 Å². The maximum atomic E-state index is 13.9. The van der Waals surface area contributed by atoms with Gasteiger partial charge in [0.05, 0.1) is 12.6 Å². The molecule has 7 nitrogen and oxygen atoms in total. The Morgan fingerprint density at radius 1 is 1.62 bits per heavy atom. The molecule has 9 heteroatoms. The van der Waals surface area contributed by atoms with Crippen molar-refractivity contribution in [2.45, 2.75) is 49.7 Å². The van der Waals surface area contributed by atoms with Crippen molar-refractivity contribution in [1.29, 1.82) is 0 Å². The molecule has 5 unspecified atom stereocenters. The fraction of sp³-hybridized carbons (Fsp3) is 0.917. The summed E-state index contributed by atoms with van der Waals surface area (Å²) in [6.07, 6.45) is -1.28. The number of hydrogen-bond donors (Lipinski definition) is 3. The number of hydrogen-bond acceptors (Lipinski definition) is 5. The number of likely N-dealkylation sites (N-methyl/N-ethyl adjacent to an activating group) is 1. The van der Waals surface area contributed by atoms with Gasteiger partial charge in [0.2, 0.25) is 0 Å². The summed E-state index contributed by atoms with van der Waals surface area (Å²) in [5.41, 5.74) is 2.70. The maximum Gasteiger partial charge on any atom is 0.318 e. The van der Waals surface area contributed by atoms with Crippen LogP contribution in [0.4, 0.5) is 13.6 Å². The van der Waals surface area contributed by atoms with Crippen LogP contribution < -0.4 is 16.1 Å². The van der Waals surface area contributed by atoms with Crippen LogP contribution in [0.1, 0.15) is 13.3 Å². The van der Waals surface area contributed by atoms with E-state index in [9.17, 15) is 13.6 Å². The number of nitrogens with zero attached hydrogens (tertiary/aromatic N) is 1. The second-order valence-electron chi connectivity index (χ2n) is 5.83. The molecule has 0 aromatic heterocycles. The molecule has 3 heterocycles. The van der Waals surface area contributed by atoms with Gasteiger partial charge >= 0.3 is 6.03 Å². The Kier molecular flexibility index (Phi) is 3.76. The lowest BCUT2D eigenvalue weighted by atomic mass is 9.94. The minimum absolute atomic E-state index is 0.0285. The first-order valence-corrected chi connectivity index (χ1v) is 7.07. The molecule has 3 saturated heterocycles. The molecule has 2 bridgehead atoms. The van der Waals surface area contributed by atoms with Crippen molar-refractivity contribution in [2.75, 3.05) is 20.2 Å². The number of carbonyl (C=O) groups is 1. The Balaban J connectivity index is 1.52. The lowest BCUT2D eigenvalue weighted by molar-refractivity contribution is -0.0752. The number of fused-ring (bicyclic) bond motifs is 2. The highest BCUT2D eigenvalue weighted by Gasteiger charge is 2.61. The van der Waals surface area contributed by atoms with Crippen molar-refractivity contribution in [2.24, 2.45) is 0 Å². The number of nitrogens with one attached hydrogen (secondary N) is 3. The Hall–Kier alpha value is -1.03. The topological polar surface area (TPSA) is 78.2 Å². The van der Waals surface area contributed by atoms with Crippen LogP contribution in [-0.2, 0) is 9.57 Å². The molecule has 0 aromatic rings. The minimum Gasteiger partial charge on any atom is -0.349 e. The summed E-state index contributed by atoms with van der Waals surface area (Å²) in [6, 6.07) is -1.99. The van der Waals surface area contributed by atoms with Crippen molar-refractivity contribution in [3.63, 3.8) is 0 Å². The van der Waals surface area contributed by atoms with Crippen LogP contribution in [0.15, 0.2) is 0 Å². The third-order valence-electron chi connectivity index (χ3n) is 4.26. The number of carbonyl (C=O) groups excluding carboxylic acids is 1. The number of epoxide rings is 1. The van der Waals surface area contributed by atoms with E-state index in [1.54, 1.807) is 0 Å². The molecule has 3 aliphatic heterocycles. The fourth-order valence-corrected chi connectivity index (χ4v) is 2.76. The molecule has 3 N–H and O–H groups in total. The summed E-state index contributed by atoms with van der Waals surface area (Å²) < 4.78 is 33.1. The van der Waals surface area contributed by atoms with Gasteiger partial charge in [0, 0.05) is 19.0 Å². The number of amides is 2. The molecular weight excluding hydrogens is 286 g/mol. The molecule has 0 spiro atoms. The third kappa shape index (κ3) is 2.83. The van der Waals surface area contributed by atoms with Crippen molar-refractivity contribution in [1.82, 2.24) is 21.0 Å². The summed E-state index contributed by atoms with van der Waals surface area (Å²) in [6.45, 7) is 2.40. The van der Waals surface area contributed by atoms with Crippen LogP contribution in [0, 0.1) is 0 Å². The molecule has 21 heavy (non-hydrogen) atoms. The Morgan fingerprint density at radius 2 is 2.38 bits per heavy atom. The fourth-order valence-electron chi connectivity index (χ4n) is 2.76. The Bertz CT molecular complexity index is 425. The summed E-state index contributed by atoms with van der Waals surface area (Å²) >= 11 is 0. The van der Waals surface area contributed by atoms with Crippen molar-refractivity contribution >= 4 is 6.03 Å². The van der Waals surface area contributed by atoms with Gasteiger partial charge in [-0.3, -0.25) is 4.84 Å². The largest absolute Gasteiger partial charge is 0.349 e. The van der Waals surface area contributed by atoms with Crippen molar-refractivity contribution in [3.8, 4) is 0 Å². The smallest absolute Gasteiger partial charge is 0.318 e. The summed E-state index contributed by atoms with van der Waals surface area (Å²) in [4.78, 5) is 18.4. The van der Waals surface area contributed by atoms with Gasteiger partial charge in [-0.25, -0.2) is 13.6 Å². The highest BCUT2D eigenvalue weighted by atomic mass is 19.3. The summed E-state index contributed by atoms with van der Waals surface area (Å²) in [7, 11) is 1.82. The van der Waals surface area contributed by atoms with E-state index in [-0.39, 0.29) is 19.0 Å². The van der Waals surface area contributed by atoms with Gasteiger partial charge in [0.15, 0.2) is 6.23 Å². The highest BCUT2D eigenvalue weighted by molar-refractivity contribution is 5.78. The number of rotatable bonds is 6. The second kappa shape index (κ2) is 5.31. The molecule has 2 amide bonds. The zero-order valence-electron chi connectivity index (χ0n) is 11.9. The summed E-state index contributed by atoms with van der Waals surface area (Å²) in [5.74, 6) is -2.90. The maximum absolute atomic E-state index is 13.9. The van der Waals surface area contributed by atoms with E-state index in [4.69, 9.17) is 9.57 Å². The van der Waals surface area contributed by atoms with E-state index < -0.39 is 36.4 Å². The first kappa shape index (κ1) is 14.9. The number of hydroxylamine groups is 1. The number of piperidine rings is 1. The monoisotopic (exact) mass is 306 g/mol. The highest BCUT2D eigenvalue weighted by Crippen LogP contribution is 2.41. The number of urea groups is 1. The molecule has 3 fully saturated rings. The number of alkyl halides is 2. The lowest BCUT2D eigenvalue weighted by Gasteiger charge is -2.34. The Labute approximate surface area is 121 Å². The van der Waals surface area contributed by atoms with Gasteiger partial charge in [0.1, 0.15) is 12.1 Å². The van der Waals surface area contributed by atoms with E-state index >= 15 is 0 Å². The van der Waals surface area contributed by atoms with Crippen LogP contribution in [0.25, 0.3) is 0 Å². The predicted molar refractivity (Wildman–Crippen MR) is 68.6 cm³/mol. The first-order valence-electron chi connectivity index (χ1n) is 7.07. The molecule has 0 aliphatic carbocycles. The van der Waals surface area contributed by atoms with Crippen LogP contribution in [0.3, 0.4) is 0 Å². The number of halogens is 2. The quantitative estimate of drug-likeness (QED) is 0.461. The average molecular weight is 306 g/mol. The standard InChI is InChI=1S/C12H20F2N4O3/c1-6(15-2)5-20-17-10-9(21-10)7-3-12(13,14)8-4-18(7)11(19)16-8/h6-10,15,17H,3-5H2,1-2H3,(H,16,19). The SMILES string of the molecule is CNC(C)CONC1OC1C1CC(F)(F)C2CN1C(=O)N2. The molecular formula is C12H20F2N4O3. The van der Waals surface area contributed by atoms with E-state index in [1.807, 2.05) is 14.0 Å². The first-order chi connectivity index (χ1) is 9.92. The van der Waals surface area contributed by atoms with Crippen LogP contribution >= 0.6 is 0 Å². The molecule has 5 atom stereocenters. The minimum atomic E-state index is -2.90. The summed E-state index contributed by atoms with van der Waals surface area (Å²) in [5, 5.41) is 5.33. The number of ether oxygens (including phenoxy) is 1. The zero-order valence-corrected chi connectivity index (χ0v) is 11.9. The molecule has 0 radical (unpaired) electrons. The van der Waals surface area contributed by atoms with Gasteiger partial charge in [-0.1, -0.05) is 0 Å². The van der Waals surface area contributed by atoms with Gasteiger partial charge in [-0.2, -0.15) is 5.48 Å². The third-order valence-corrected chi connectivity index (χ3v) is 4.26. The van der Waals surface area contributed by atoms with Crippen LogP contribution in [-0.4, -0.2) is 67.5 Å². The second-order valence-corrected chi connectivity index (χ2v) is 5.83. The van der Waals surface area contributed by atoms with Crippen molar-refractivity contribution < 1.29 is 23.1 Å². The van der Waals surface area contributed by atoms with Crippen LogP contribution in [0.5, 0.6) is 0 Å². The molecule has 0 saturated carbocycles. The van der Waals surface area contributed by atoms with Gasteiger partial charge in [-0.15, -0.1) is 0 Å².